The highest BCUT2D eigenvalue weighted by molar-refractivity contribution is 5.81. The van der Waals surface area contributed by atoms with Crippen LogP contribution in [0.3, 0.4) is 0 Å². The number of amides is 1. The van der Waals surface area contributed by atoms with Crippen LogP contribution in [0.25, 0.3) is 10.9 Å². The second kappa shape index (κ2) is 6.22. The fourth-order valence-corrected chi connectivity index (χ4v) is 2.29. The standard InChI is InChI=1S/C17H23N3O/c1-17(2,3)20-16(21)14(11-18)10-12-6-7-15-13(9-12)5-4-8-19-15/h4-9,14H,10-11,18H2,1-3H3,(H,20,21). The van der Waals surface area contributed by atoms with E-state index in [0.717, 1.165) is 16.5 Å². The summed E-state index contributed by atoms with van der Waals surface area (Å²) in [6, 6.07) is 10.0. The molecule has 0 bridgehead atoms. The maximum Gasteiger partial charge on any atom is 0.225 e. The summed E-state index contributed by atoms with van der Waals surface area (Å²) in [6.45, 7) is 6.26. The van der Waals surface area contributed by atoms with E-state index in [1.807, 2.05) is 45.0 Å². The molecular weight excluding hydrogens is 262 g/mol. The van der Waals surface area contributed by atoms with Crippen LogP contribution in [0.15, 0.2) is 36.5 Å². The second-order valence-corrected chi connectivity index (χ2v) is 6.41. The molecule has 4 nitrogen and oxygen atoms in total. The van der Waals surface area contributed by atoms with Gasteiger partial charge in [-0.1, -0.05) is 12.1 Å². The zero-order valence-corrected chi connectivity index (χ0v) is 12.9. The molecule has 1 atom stereocenters. The molecule has 0 spiro atoms. The number of benzene rings is 1. The zero-order valence-electron chi connectivity index (χ0n) is 12.9. The van der Waals surface area contributed by atoms with Gasteiger partial charge in [0.15, 0.2) is 0 Å². The highest BCUT2D eigenvalue weighted by Gasteiger charge is 2.22. The van der Waals surface area contributed by atoms with Crippen LogP contribution >= 0.6 is 0 Å². The van der Waals surface area contributed by atoms with Crippen LogP contribution in [0.4, 0.5) is 0 Å². The van der Waals surface area contributed by atoms with Gasteiger partial charge in [-0.2, -0.15) is 0 Å². The molecule has 0 aliphatic rings. The Morgan fingerprint density at radius 2 is 2.10 bits per heavy atom. The van der Waals surface area contributed by atoms with Crippen LogP contribution in [0.1, 0.15) is 26.3 Å². The fourth-order valence-electron chi connectivity index (χ4n) is 2.29. The van der Waals surface area contributed by atoms with E-state index < -0.39 is 0 Å². The third-order valence-corrected chi connectivity index (χ3v) is 3.30. The first-order chi connectivity index (χ1) is 9.89. The van der Waals surface area contributed by atoms with Crippen molar-refractivity contribution in [3.63, 3.8) is 0 Å². The Bertz CT molecular complexity index is 631. The Kier molecular flexibility index (Phi) is 4.58. The van der Waals surface area contributed by atoms with E-state index in [-0.39, 0.29) is 17.4 Å². The maximum absolute atomic E-state index is 12.3. The van der Waals surface area contributed by atoms with Gasteiger partial charge in [0, 0.05) is 23.7 Å². The van der Waals surface area contributed by atoms with Gasteiger partial charge in [0.2, 0.25) is 5.91 Å². The first-order valence-electron chi connectivity index (χ1n) is 7.25. The predicted molar refractivity (Wildman–Crippen MR) is 85.9 cm³/mol. The van der Waals surface area contributed by atoms with Gasteiger partial charge in [-0.15, -0.1) is 0 Å². The van der Waals surface area contributed by atoms with Gasteiger partial charge in [0.1, 0.15) is 0 Å². The summed E-state index contributed by atoms with van der Waals surface area (Å²) in [6.07, 6.45) is 2.42. The molecule has 0 aliphatic carbocycles. The number of fused-ring (bicyclic) bond motifs is 1. The highest BCUT2D eigenvalue weighted by atomic mass is 16.2. The molecule has 3 N–H and O–H groups in total. The molecule has 2 rings (SSSR count). The summed E-state index contributed by atoms with van der Waals surface area (Å²) in [7, 11) is 0. The van der Waals surface area contributed by atoms with Gasteiger partial charge in [0.05, 0.1) is 11.4 Å². The molecule has 1 aromatic carbocycles. The summed E-state index contributed by atoms with van der Waals surface area (Å²) in [4.78, 5) is 16.6. The lowest BCUT2D eigenvalue weighted by Gasteiger charge is -2.24. The minimum atomic E-state index is -0.238. The Morgan fingerprint density at radius 3 is 2.76 bits per heavy atom. The number of aromatic nitrogens is 1. The molecular formula is C17H23N3O. The lowest BCUT2D eigenvalue weighted by Crippen LogP contribution is -2.46. The molecule has 0 fully saturated rings. The number of hydrogen-bond acceptors (Lipinski definition) is 3. The molecule has 0 aliphatic heterocycles. The smallest absolute Gasteiger partial charge is 0.225 e. The van der Waals surface area contributed by atoms with Crippen LogP contribution < -0.4 is 11.1 Å². The number of pyridine rings is 1. The van der Waals surface area contributed by atoms with Crippen molar-refractivity contribution in [3.05, 3.63) is 42.1 Å². The number of rotatable bonds is 4. The molecule has 1 aromatic heterocycles. The van der Waals surface area contributed by atoms with Gasteiger partial charge in [-0.3, -0.25) is 9.78 Å². The molecule has 1 unspecified atom stereocenters. The average molecular weight is 285 g/mol. The Morgan fingerprint density at radius 1 is 1.33 bits per heavy atom. The van der Waals surface area contributed by atoms with Gasteiger partial charge in [-0.05, 0) is 51.0 Å². The normalized spacial score (nSPS) is 13.1. The number of nitrogens with one attached hydrogen (secondary N) is 1. The van der Waals surface area contributed by atoms with E-state index in [9.17, 15) is 4.79 Å². The van der Waals surface area contributed by atoms with Crippen molar-refractivity contribution >= 4 is 16.8 Å². The fraction of sp³-hybridized carbons (Fsp3) is 0.412. The van der Waals surface area contributed by atoms with E-state index >= 15 is 0 Å². The van der Waals surface area contributed by atoms with Crippen molar-refractivity contribution in [1.82, 2.24) is 10.3 Å². The van der Waals surface area contributed by atoms with Crippen molar-refractivity contribution in [2.75, 3.05) is 6.54 Å². The maximum atomic E-state index is 12.3. The third kappa shape index (κ3) is 4.26. The molecule has 4 heteroatoms. The predicted octanol–water partition coefficient (Wildman–Crippen LogP) is 2.27. The van der Waals surface area contributed by atoms with E-state index in [2.05, 4.69) is 16.4 Å². The number of nitrogens with two attached hydrogens (primary N) is 1. The lowest BCUT2D eigenvalue weighted by molar-refractivity contribution is -0.126. The van der Waals surface area contributed by atoms with Crippen molar-refractivity contribution < 1.29 is 4.79 Å². The molecule has 21 heavy (non-hydrogen) atoms. The average Bonchev–Trinajstić information content (AvgIpc) is 2.42. The summed E-state index contributed by atoms with van der Waals surface area (Å²) in [5.74, 6) is -0.199. The monoisotopic (exact) mass is 285 g/mol. The number of nitrogens with zero attached hydrogens (tertiary/aromatic N) is 1. The van der Waals surface area contributed by atoms with Crippen molar-refractivity contribution in [3.8, 4) is 0 Å². The van der Waals surface area contributed by atoms with Crippen LogP contribution in [0.2, 0.25) is 0 Å². The van der Waals surface area contributed by atoms with Crippen LogP contribution in [-0.2, 0) is 11.2 Å². The largest absolute Gasteiger partial charge is 0.351 e. The number of carbonyl (C=O) groups excluding carboxylic acids is 1. The molecule has 1 amide bonds. The molecule has 0 saturated carbocycles. The highest BCUT2D eigenvalue weighted by Crippen LogP contribution is 2.16. The minimum Gasteiger partial charge on any atom is -0.351 e. The van der Waals surface area contributed by atoms with Gasteiger partial charge < -0.3 is 11.1 Å². The topological polar surface area (TPSA) is 68.0 Å². The zero-order chi connectivity index (χ0) is 15.5. The van der Waals surface area contributed by atoms with E-state index in [1.165, 1.54) is 0 Å². The molecule has 0 radical (unpaired) electrons. The first-order valence-corrected chi connectivity index (χ1v) is 7.25. The number of carbonyl (C=O) groups is 1. The number of hydrogen-bond donors (Lipinski definition) is 2. The van der Waals surface area contributed by atoms with Gasteiger partial charge in [0.25, 0.3) is 0 Å². The van der Waals surface area contributed by atoms with Gasteiger partial charge >= 0.3 is 0 Å². The lowest BCUT2D eigenvalue weighted by atomic mass is 9.96. The Hall–Kier alpha value is -1.94. The third-order valence-electron chi connectivity index (χ3n) is 3.30. The van der Waals surface area contributed by atoms with E-state index in [1.54, 1.807) is 6.20 Å². The van der Waals surface area contributed by atoms with Crippen molar-refractivity contribution in [2.24, 2.45) is 11.7 Å². The van der Waals surface area contributed by atoms with E-state index in [0.29, 0.717) is 13.0 Å². The van der Waals surface area contributed by atoms with Gasteiger partial charge in [-0.25, -0.2) is 0 Å². The van der Waals surface area contributed by atoms with Crippen LogP contribution in [0, 0.1) is 5.92 Å². The minimum absolute atomic E-state index is 0.0104. The summed E-state index contributed by atoms with van der Waals surface area (Å²) < 4.78 is 0. The van der Waals surface area contributed by atoms with Crippen molar-refractivity contribution in [1.29, 1.82) is 0 Å². The summed E-state index contributed by atoms with van der Waals surface area (Å²) >= 11 is 0. The molecule has 1 heterocycles. The quantitative estimate of drug-likeness (QED) is 0.905. The summed E-state index contributed by atoms with van der Waals surface area (Å²) in [5.41, 5.74) is 7.61. The van der Waals surface area contributed by atoms with Crippen molar-refractivity contribution in [2.45, 2.75) is 32.7 Å². The second-order valence-electron chi connectivity index (χ2n) is 6.41. The summed E-state index contributed by atoms with van der Waals surface area (Å²) in [5, 5.41) is 4.08. The SMILES string of the molecule is CC(C)(C)NC(=O)C(CN)Cc1ccc2ncccc2c1. The first kappa shape index (κ1) is 15.4. The molecule has 2 aromatic rings. The Balaban J connectivity index is 2.14. The molecule has 0 saturated heterocycles. The van der Waals surface area contributed by atoms with E-state index in [4.69, 9.17) is 5.73 Å². The van der Waals surface area contributed by atoms with Crippen LogP contribution in [0.5, 0.6) is 0 Å². The Labute approximate surface area is 125 Å². The van der Waals surface area contributed by atoms with Crippen LogP contribution in [-0.4, -0.2) is 23.0 Å². The molecule has 112 valence electrons.